The molecule has 0 radical (unpaired) electrons. The Morgan fingerprint density at radius 2 is 2.00 bits per heavy atom. The fourth-order valence-corrected chi connectivity index (χ4v) is 3.00. The zero-order valence-corrected chi connectivity index (χ0v) is 13.1. The molecule has 0 unspecified atom stereocenters. The van der Waals surface area contributed by atoms with E-state index in [1.165, 1.54) is 0 Å². The highest BCUT2D eigenvalue weighted by Gasteiger charge is 2.13. The Morgan fingerprint density at radius 1 is 1.30 bits per heavy atom. The quantitative estimate of drug-likeness (QED) is 0.793. The number of methoxy groups -OCH3 is 1. The minimum Gasteiger partial charge on any atom is -0.497 e. The van der Waals surface area contributed by atoms with Crippen LogP contribution in [0.15, 0.2) is 18.2 Å². The van der Waals surface area contributed by atoms with Gasteiger partial charge in [0.05, 0.1) is 18.6 Å². The minimum atomic E-state index is -3.04. The summed E-state index contributed by atoms with van der Waals surface area (Å²) in [4.78, 5) is 0. The van der Waals surface area contributed by atoms with Gasteiger partial charge in [0.25, 0.3) is 0 Å². The molecule has 5 nitrogen and oxygen atoms in total. The van der Waals surface area contributed by atoms with E-state index in [9.17, 15) is 8.42 Å². The molecule has 0 aliphatic heterocycles. The summed E-state index contributed by atoms with van der Waals surface area (Å²) in [7, 11) is -1.47. The van der Waals surface area contributed by atoms with Gasteiger partial charge in [-0.05, 0) is 19.4 Å². The van der Waals surface area contributed by atoms with E-state index in [0.29, 0.717) is 17.9 Å². The van der Waals surface area contributed by atoms with Crippen molar-refractivity contribution < 1.29 is 17.9 Å². The summed E-state index contributed by atoms with van der Waals surface area (Å²) in [5.74, 6) is 1.43. The highest BCUT2D eigenvalue weighted by atomic mass is 32.2. The zero-order valence-electron chi connectivity index (χ0n) is 12.3. The van der Waals surface area contributed by atoms with Crippen LogP contribution >= 0.6 is 0 Å². The molecular weight excluding hydrogens is 278 g/mol. The van der Waals surface area contributed by atoms with Gasteiger partial charge < -0.3 is 15.2 Å². The molecule has 1 aromatic carbocycles. The van der Waals surface area contributed by atoms with Gasteiger partial charge in [0.1, 0.15) is 18.1 Å². The summed E-state index contributed by atoms with van der Waals surface area (Å²) in [6.45, 7) is 3.81. The normalized spacial score (nSPS) is 13.0. The molecule has 0 fully saturated rings. The fourth-order valence-electron chi connectivity index (χ4n) is 1.83. The van der Waals surface area contributed by atoms with E-state index in [0.717, 1.165) is 5.56 Å². The number of rotatable bonds is 8. The Bertz CT molecular complexity index is 526. The second kappa shape index (κ2) is 7.50. The van der Waals surface area contributed by atoms with Crippen LogP contribution < -0.4 is 15.2 Å². The van der Waals surface area contributed by atoms with Crippen LogP contribution in [0.25, 0.3) is 0 Å². The Kier molecular flexibility index (Phi) is 6.29. The molecule has 0 aliphatic rings. The molecular formula is C14H23NO4S. The highest BCUT2D eigenvalue weighted by Crippen LogP contribution is 2.28. The third-order valence-corrected chi connectivity index (χ3v) is 4.70. The van der Waals surface area contributed by atoms with Crippen molar-refractivity contribution in [3.63, 3.8) is 0 Å². The molecule has 0 amide bonds. The lowest BCUT2D eigenvalue weighted by molar-refractivity contribution is 0.331. The summed E-state index contributed by atoms with van der Waals surface area (Å²) < 4.78 is 34.0. The number of benzene rings is 1. The van der Waals surface area contributed by atoms with Crippen LogP contribution in [0.4, 0.5) is 0 Å². The first-order valence-electron chi connectivity index (χ1n) is 6.66. The van der Waals surface area contributed by atoms with Gasteiger partial charge in [0.15, 0.2) is 9.84 Å². The van der Waals surface area contributed by atoms with Crippen LogP contribution in [0.1, 0.15) is 31.9 Å². The molecule has 0 saturated heterocycles. The van der Waals surface area contributed by atoms with Gasteiger partial charge in [-0.25, -0.2) is 8.42 Å². The molecule has 0 saturated carbocycles. The Morgan fingerprint density at radius 3 is 2.55 bits per heavy atom. The summed E-state index contributed by atoms with van der Waals surface area (Å²) in [6.07, 6.45) is 0.618. The van der Waals surface area contributed by atoms with Crippen molar-refractivity contribution in [1.82, 2.24) is 0 Å². The lowest BCUT2D eigenvalue weighted by Gasteiger charge is -2.15. The van der Waals surface area contributed by atoms with Crippen LogP contribution in [0.3, 0.4) is 0 Å². The van der Waals surface area contributed by atoms with Crippen molar-refractivity contribution in [3.8, 4) is 11.5 Å². The third kappa shape index (κ3) is 5.02. The monoisotopic (exact) mass is 301 g/mol. The Balaban J connectivity index is 2.76. The van der Waals surface area contributed by atoms with Gasteiger partial charge in [0.2, 0.25) is 0 Å². The largest absolute Gasteiger partial charge is 0.497 e. The molecule has 6 heteroatoms. The maximum absolute atomic E-state index is 11.6. The molecule has 0 aliphatic carbocycles. The SMILES string of the molecule is CCCS(=O)(=O)CCOc1cc(OC)ccc1[C@H](C)N. The van der Waals surface area contributed by atoms with Crippen LogP contribution in [-0.4, -0.2) is 33.6 Å². The van der Waals surface area contributed by atoms with Crippen molar-refractivity contribution in [3.05, 3.63) is 23.8 Å². The molecule has 114 valence electrons. The van der Waals surface area contributed by atoms with E-state index < -0.39 is 9.84 Å². The molecule has 0 bridgehead atoms. The van der Waals surface area contributed by atoms with Gasteiger partial charge in [-0.3, -0.25) is 0 Å². The molecule has 1 aromatic rings. The van der Waals surface area contributed by atoms with Gasteiger partial charge >= 0.3 is 0 Å². The number of sulfone groups is 1. The van der Waals surface area contributed by atoms with Crippen LogP contribution in [0.5, 0.6) is 11.5 Å². The van der Waals surface area contributed by atoms with E-state index in [-0.39, 0.29) is 24.2 Å². The maximum Gasteiger partial charge on any atom is 0.153 e. The van der Waals surface area contributed by atoms with Crippen molar-refractivity contribution in [1.29, 1.82) is 0 Å². The van der Waals surface area contributed by atoms with Crippen LogP contribution in [-0.2, 0) is 9.84 Å². The number of nitrogens with two attached hydrogens (primary N) is 1. The number of hydrogen-bond donors (Lipinski definition) is 1. The first-order chi connectivity index (χ1) is 9.39. The van der Waals surface area contributed by atoms with Gasteiger partial charge in [-0.15, -0.1) is 0 Å². The minimum absolute atomic E-state index is 0.0104. The summed E-state index contributed by atoms with van der Waals surface area (Å²) in [6, 6.07) is 5.17. The van der Waals surface area contributed by atoms with Crippen molar-refractivity contribution in [2.24, 2.45) is 5.73 Å². The molecule has 20 heavy (non-hydrogen) atoms. The lowest BCUT2D eigenvalue weighted by Crippen LogP contribution is -2.17. The second-order valence-electron chi connectivity index (χ2n) is 4.69. The van der Waals surface area contributed by atoms with Crippen molar-refractivity contribution in [2.75, 3.05) is 25.2 Å². The fraction of sp³-hybridized carbons (Fsp3) is 0.571. The summed E-state index contributed by atoms with van der Waals surface area (Å²) in [5, 5.41) is 0. The van der Waals surface area contributed by atoms with E-state index in [2.05, 4.69) is 0 Å². The predicted octanol–water partition coefficient (Wildman–Crippen LogP) is 1.92. The predicted molar refractivity (Wildman–Crippen MR) is 80.0 cm³/mol. The van der Waals surface area contributed by atoms with E-state index in [1.54, 1.807) is 19.2 Å². The smallest absolute Gasteiger partial charge is 0.153 e. The summed E-state index contributed by atoms with van der Waals surface area (Å²) in [5.41, 5.74) is 6.70. The first kappa shape index (κ1) is 16.8. The average molecular weight is 301 g/mol. The van der Waals surface area contributed by atoms with E-state index in [4.69, 9.17) is 15.2 Å². The van der Waals surface area contributed by atoms with Crippen molar-refractivity contribution >= 4 is 9.84 Å². The van der Waals surface area contributed by atoms with Gasteiger partial charge in [-0.2, -0.15) is 0 Å². The topological polar surface area (TPSA) is 78.6 Å². The first-order valence-corrected chi connectivity index (χ1v) is 8.48. The highest BCUT2D eigenvalue weighted by molar-refractivity contribution is 7.91. The third-order valence-electron chi connectivity index (χ3n) is 2.88. The molecule has 0 heterocycles. The van der Waals surface area contributed by atoms with Crippen LogP contribution in [0.2, 0.25) is 0 Å². The molecule has 0 spiro atoms. The molecule has 1 rings (SSSR count). The van der Waals surface area contributed by atoms with E-state index in [1.807, 2.05) is 19.9 Å². The van der Waals surface area contributed by atoms with Gasteiger partial charge in [-0.1, -0.05) is 13.0 Å². The van der Waals surface area contributed by atoms with Gasteiger partial charge in [0, 0.05) is 17.7 Å². The molecule has 1 atom stereocenters. The Hall–Kier alpha value is -1.27. The summed E-state index contributed by atoms with van der Waals surface area (Å²) >= 11 is 0. The van der Waals surface area contributed by atoms with Crippen LogP contribution in [0, 0.1) is 0 Å². The maximum atomic E-state index is 11.6. The second-order valence-corrected chi connectivity index (χ2v) is 7.00. The molecule has 0 aromatic heterocycles. The zero-order chi connectivity index (χ0) is 15.2. The lowest BCUT2D eigenvalue weighted by atomic mass is 10.1. The molecule has 2 N–H and O–H groups in total. The average Bonchev–Trinajstić information content (AvgIpc) is 2.37. The Labute approximate surface area is 121 Å². The number of ether oxygens (including phenoxy) is 2. The van der Waals surface area contributed by atoms with E-state index >= 15 is 0 Å². The van der Waals surface area contributed by atoms with Crippen molar-refractivity contribution in [2.45, 2.75) is 26.3 Å². The standard InChI is InChI=1S/C14H23NO4S/c1-4-8-20(16,17)9-7-19-14-10-12(18-3)5-6-13(14)11(2)15/h5-6,10-11H,4,7-9,15H2,1-3H3/t11-/m0/s1. The number of hydrogen-bond acceptors (Lipinski definition) is 5.